The largest absolute Gasteiger partial charge is 0.396 e. The average Bonchev–Trinajstić information content (AvgIpc) is 2.88. The molecule has 2 rings (SSSR count). The third-order valence-corrected chi connectivity index (χ3v) is 3.80. The summed E-state index contributed by atoms with van der Waals surface area (Å²) in [4.78, 5) is 1.64. The van der Waals surface area contributed by atoms with Gasteiger partial charge >= 0.3 is 0 Å². The smallest absolute Gasteiger partial charge is 0.0930 e. The minimum absolute atomic E-state index is 0.240. The number of aromatic nitrogens is 3. The zero-order valence-corrected chi connectivity index (χ0v) is 11.2. The SMILES string of the molecule is CC(CO)CSCc1cnn(-c2ccccc2)n1. The summed E-state index contributed by atoms with van der Waals surface area (Å²) >= 11 is 1.77. The average molecular weight is 263 g/mol. The predicted octanol–water partition coefficient (Wildman–Crippen LogP) is 2.13. The molecular formula is C13H17N3OS. The maximum atomic E-state index is 8.94. The maximum absolute atomic E-state index is 8.94. The van der Waals surface area contributed by atoms with Crippen LogP contribution in [0.2, 0.25) is 0 Å². The molecule has 0 bridgehead atoms. The normalized spacial score (nSPS) is 12.6. The van der Waals surface area contributed by atoms with Gasteiger partial charge in [-0.3, -0.25) is 0 Å². The van der Waals surface area contributed by atoms with Gasteiger partial charge in [0, 0.05) is 12.4 Å². The summed E-state index contributed by atoms with van der Waals surface area (Å²) in [6.07, 6.45) is 1.80. The molecule has 96 valence electrons. The van der Waals surface area contributed by atoms with Gasteiger partial charge in [-0.1, -0.05) is 25.1 Å². The van der Waals surface area contributed by atoms with Crippen LogP contribution in [-0.2, 0) is 5.75 Å². The van der Waals surface area contributed by atoms with Crippen molar-refractivity contribution in [2.45, 2.75) is 12.7 Å². The van der Waals surface area contributed by atoms with E-state index in [2.05, 4.69) is 10.2 Å². The summed E-state index contributed by atoms with van der Waals surface area (Å²) in [6, 6.07) is 9.86. The third kappa shape index (κ3) is 3.58. The number of rotatable bonds is 6. The summed E-state index contributed by atoms with van der Waals surface area (Å²) < 4.78 is 0. The van der Waals surface area contributed by atoms with E-state index in [1.165, 1.54) is 0 Å². The predicted molar refractivity (Wildman–Crippen MR) is 73.8 cm³/mol. The Morgan fingerprint density at radius 2 is 2.11 bits per heavy atom. The number of benzene rings is 1. The van der Waals surface area contributed by atoms with Crippen LogP contribution in [0.15, 0.2) is 36.5 Å². The van der Waals surface area contributed by atoms with Crippen LogP contribution in [0.1, 0.15) is 12.6 Å². The molecule has 0 aliphatic heterocycles. The summed E-state index contributed by atoms with van der Waals surface area (Å²) in [5, 5.41) is 17.6. The highest BCUT2D eigenvalue weighted by atomic mass is 32.2. The van der Waals surface area contributed by atoms with E-state index < -0.39 is 0 Å². The lowest BCUT2D eigenvalue weighted by molar-refractivity contribution is 0.250. The first-order valence-corrected chi connectivity index (χ1v) is 7.10. The monoisotopic (exact) mass is 263 g/mol. The van der Waals surface area contributed by atoms with E-state index in [1.807, 2.05) is 37.3 Å². The highest BCUT2D eigenvalue weighted by molar-refractivity contribution is 7.98. The van der Waals surface area contributed by atoms with Crippen LogP contribution < -0.4 is 0 Å². The Morgan fingerprint density at radius 3 is 2.83 bits per heavy atom. The Hall–Kier alpha value is -1.33. The van der Waals surface area contributed by atoms with Crippen molar-refractivity contribution >= 4 is 11.8 Å². The number of hydrogen-bond donors (Lipinski definition) is 1. The zero-order chi connectivity index (χ0) is 12.8. The molecule has 2 aromatic rings. The van der Waals surface area contributed by atoms with Gasteiger partial charge in [-0.25, -0.2) is 0 Å². The fourth-order valence-electron chi connectivity index (χ4n) is 1.46. The van der Waals surface area contributed by atoms with Gasteiger partial charge in [-0.2, -0.15) is 26.8 Å². The maximum Gasteiger partial charge on any atom is 0.0930 e. The lowest BCUT2D eigenvalue weighted by Gasteiger charge is -2.05. The molecule has 0 aliphatic carbocycles. The van der Waals surface area contributed by atoms with Crippen LogP contribution >= 0.6 is 11.8 Å². The fraction of sp³-hybridized carbons (Fsp3) is 0.385. The van der Waals surface area contributed by atoms with E-state index in [9.17, 15) is 0 Å². The number of thioether (sulfide) groups is 1. The Balaban J connectivity index is 1.91. The van der Waals surface area contributed by atoms with E-state index in [0.717, 1.165) is 22.9 Å². The molecule has 0 radical (unpaired) electrons. The number of nitrogens with zero attached hydrogens (tertiary/aromatic N) is 3. The molecule has 0 aliphatic rings. The second kappa shape index (κ2) is 6.56. The lowest BCUT2D eigenvalue weighted by atomic mass is 10.2. The van der Waals surface area contributed by atoms with Gasteiger partial charge < -0.3 is 5.11 Å². The van der Waals surface area contributed by atoms with Gasteiger partial charge in [0.2, 0.25) is 0 Å². The Bertz CT molecular complexity index is 472. The van der Waals surface area contributed by atoms with Crippen LogP contribution in [0.3, 0.4) is 0 Å². The molecule has 1 aromatic heterocycles. The lowest BCUT2D eigenvalue weighted by Crippen LogP contribution is -2.03. The number of para-hydroxylation sites is 1. The molecule has 1 N–H and O–H groups in total. The van der Waals surface area contributed by atoms with Gasteiger partial charge in [-0.05, 0) is 23.8 Å². The molecule has 1 aromatic carbocycles. The van der Waals surface area contributed by atoms with Crippen LogP contribution in [0.4, 0.5) is 0 Å². The molecule has 0 spiro atoms. The Kier molecular flexibility index (Phi) is 4.78. The molecular weight excluding hydrogens is 246 g/mol. The van der Waals surface area contributed by atoms with E-state index in [-0.39, 0.29) is 6.61 Å². The highest BCUT2D eigenvalue weighted by Crippen LogP contribution is 2.14. The van der Waals surface area contributed by atoms with Crippen molar-refractivity contribution in [2.75, 3.05) is 12.4 Å². The fourth-order valence-corrected chi connectivity index (χ4v) is 2.43. The van der Waals surface area contributed by atoms with E-state index in [4.69, 9.17) is 5.11 Å². The van der Waals surface area contributed by atoms with Gasteiger partial charge in [-0.15, -0.1) is 0 Å². The summed E-state index contributed by atoms with van der Waals surface area (Å²) in [7, 11) is 0. The topological polar surface area (TPSA) is 50.9 Å². The second-order valence-electron chi connectivity index (χ2n) is 4.26. The quantitative estimate of drug-likeness (QED) is 0.867. The van der Waals surface area contributed by atoms with Crippen molar-refractivity contribution in [3.8, 4) is 5.69 Å². The van der Waals surface area contributed by atoms with Crippen molar-refractivity contribution in [1.82, 2.24) is 15.0 Å². The standard InChI is InChI=1S/C13H17N3OS/c1-11(8-17)9-18-10-12-7-14-16(15-12)13-5-3-2-4-6-13/h2-7,11,17H,8-10H2,1H3. The van der Waals surface area contributed by atoms with Crippen LogP contribution in [0, 0.1) is 5.92 Å². The zero-order valence-electron chi connectivity index (χ0n) is 10.4. The number of aliphatic hydroxyl groups is 1. The molecule has 0 saturated carbocycles. The van der Waals surface area contributed by atoms with E-state index in [0.29, 0.717) is 5.92 Å². The minimum Gasteiger partial charge on any atom is -0.396 e. The van der Waals surface area contributed by atoms with Gasteiger partial charge in [0.15, 0.2) is 0 Å². The van der Waals surface area contributed by atoms with Gasteiger partial charge in [0.05, 0.1) is 17.6 Å². The molecule has 0 amide bonds. The summed E-state index contributed by atoms with van der Waals surface area (Å²) in [5.41, 5.74) is 1.94. The van der Waals surface area contributed by atoms with Crippen molar-refractivity contribution in [2.24, 2.45) is 5.92 Å². The van der Waals surface area contributed by atoms with Crippen molar-refractivity contribution in [3.63, 3.8) is 0 Å². The first-order chi connectivity index (χ1) is 8.79. The molecule has 18 heavy (non-hydrogen) atoms. The third-order valence-electron chi connectivity index (χ3n) is 2.49. The molecule has 0 saturated heterocycles. The molecule has 4 nitrogen and oxygen atoms in total. The van der Waals surface area contributed by atoms with E-state index >= 15 is 0 Å². The second-order valence-corrected chi connectivity index (χ2v) is 5.29. The highest BCUT2D eigenvalue weighted by Gasteiger charge is 2.04. The minimum atomic E-state index is 0.240. The molecule has 1 unspecified atom stereocenters. The molecule has 1 heterocycles. The first-order valence-electron chi connectivity index (χ1n) is 5.95. The van der Waals surface area contributed by atoms with Gasteiger partial charge in [0.25, 0.3) is 0 Å². The van der Waals surface area contributed by atoms with Crippen molar-refractivity contribution in [1.29, 1.82) is 0 Å². The van der Waals surface area contributed by atoms with E-state index in [1.54, 1.807) is 22.8 Å². The molecule has 1 atom stereocenters. The van der Waals surface area contributed by atoms with Crippen LogP contribution in [-0.4, -0.2) is 32.5 Å². The Labute approximate surface area is 111 Å². The van der Waals surface area contributed by atoms with Crippen molar-refractivity contribution < 1.29 is 5.11 Å². The van der Waals surface area contributed by atoms with Crippen LogP contribution in [0.25, 0.3) is 5.69 Å². The number of aliphatic hydroxyl groups excluding tert-OH is 1. The van der Waals surface area contributed by atoms with Gasteiger partial charge in [0.1, 0.15) is 0 Å². The number of hydrogen-bond acceptors (Lipinski definition) is 4. The molecule has 5 heteroatoms. The Morgan fingerprint density at radius 1 is 1.33 bits per heavy atom. The summed E-state index contributed by atoms with van der Waals surface area (Å²) in [5.74, 6) is 2.10. The van der Waals surface area contributed by atoms with Crippen LogP contribution in [0.5, 0.6) is 0 Å². The first kappa shape index (κ1) is 13.1. The molecule has 0 fully saturated rings. The summed E-state index contributed by atoms with van der Waals surface area (Å²) in [6.45, 7) is 2.28. The van der Waals surface area contributed by atoms with Crippen molar-refractivity contribution in [3.05, 3.63) is 42.2 Å².